The standard InChI is InChI=1S/C11H16N2O2/c1-2-3-4-5-8-12-11(15)9-6-7-10(14)13-9/h1,9H,3-8H2,(H,12,15)(H,13,14). The molecule has 82 valence electrons. The molecule has 0 aromatic rings. The largest absolute Gasteiger partial charge is 0.354 e. The lowest BCUT2D eigenvalue weighted by Crippen LogP contribution is -2.41. The lowest BCUT2D eigenvalue weighted by Gasteiger charge is -2.10. The van der Waals surface area contributed by atoms with E-state index in [0.717, 1.165) is 19.3 Å². The van der Waals surface area contributed by atoms with Crippen molar-refractivity contribution in [3.63, 3.8) is 0 Å². The summed E-state index contributed by atoms with van der Waals surface area (Å²) in [6, 6.07) is -0.329. The lowest BCUT2D eigenvalue weighted by atomic mass is 10.2. The second-order valence-corrected chi connectivity index (χ2v) is 3.61. The summed E-state index contributed by atoms with van der Waals surface area (Å²) in [5, 5.41) is 5.40. The second-order valence-electron chi connectivity index (χ2n) is 3.61. The minimum atomic E-state index is -0.329. The molecule has 0 spiro atoms. The fourth-order valence-corrected chi connectivity index (χ4v) is 1.50. The third kappa shape index (κ3) is 4.03. The van der Waals surface area contributed by atoms with Crippen LogP contribution in [0.2, 0.25) is 0 Å². The molecule has 1 heterocycles. The zero-order valence-corrected chi connectivity index (χ0v) is 8.71. The van der Waals surface area contributed by atoms with Crippen LogP contribution in [0.1, 0.15) is 32.1 Å². The number of hydrogen-bond acceptors (Lipinski definition) is 2. The van der Waals surface area contributed by atoms with Crippen LogP contribution in [0.15, 0.2) is 0 Å². The zero-order valence-electron chi connectivity index (χ0n) is 8.71. The Bertz CT molecular complexity index is 281. The fraction of sp³-hybridized carbons (Fsp3) is 0.636. The molecule has 0 bridgehead atoms. The first-order chi connectivity index (χ1) is 7.24. The maximum Gasteiger partial charge on any atom is 0.242 e. The molecule has 4 heteroatoms. The summed E-state index contributed by atoms with van der Waals surface area (Å²) in [5.74, 6) is 2.43. The molecule has 0 aliphatic carbocycles. The van der Waals surface area contributed by atoms with E-state index in [9.17, 15) is 9.59 Å². The van der Waals surface area contributed by atoms with E-state index in [2.05, 4.69) is 16.6 Å². The van der Waals surface area contributed by atoms with Crippen LogP contribution in [0.5, 0.6) is 0 Å². The summed E-state index contributed by atoms with van der Waals surface area (Å²) >= 11 is 0. The number of rotatable bonds is 5. The highest BCUT2D eigenvalue weighted by atomic mass is 16.2. The third-order valence-electron chi connectivity index (χ3n) is 2.36. The van der Waals surface area contributed by atoms with Gasteiger partial charge in [-0.3, -0.25) is 9.59 Å². The third-order valence-corrected chi connectivity index (χ3v) is 2.36. The Morgan fingerprint density at radius 3 is 3.00 bits per heavy atom. The fourth-order valence-electron chi connectivity index (χ4n) is 1.50. The van der Waals surface area contributed by atoms with Crippen molar-refractivity contribution >= 4 is 11.8 Å². The first-order valence-corrected chi connectivity index (χ1v) is 5.24. The van der Waals surface area contributed by atoms with E-state index in [-0.39, 0.29) is 17.9 Å². The van der Waals surface area contributed by atoms with Gasteiger partial charge in [-0.25, -0.2) is 0 Å². The van der Waals surface area contributed by atoms with Gasteiger partial charge in [0.15, 0.2) is 0 Å². The van der Waals surface area contributed by atoms with Crippen molar-refractivity contribution in [3.05, 3.63) is 0 Å². The maximum absolute atomic E-state index is 11.5. The van der Waals surface area contributed by atoms with Crippen LogP contribution in [0, 0.1) is 12.3 Å². The van der Waals surface area contributed by atoms with Gasteiger partial charge in [0, 0.05) is 19.4 Å². The van der Waals surface area contributed by atoms with E-state index < -0.39 is 0 Å². The molecule has 1 aliphatic heterocycles. The zero-order chi connectivity index (χ0) is 11.1. The van der Waals surface area contributed by atoms with Gasteiger partial charge in [0.1, 0.15) is 6.04 Å². The predicted molar refractivity (Wildman–Crippen MR) is 56.9 cm³/mol. The minimum absolute atomic E-state index is 0.0394. The van der Waals surface area contributed by atoms with Gasteiger partial charge in [0.2, 0.25) is 11.8 Å². The number of amides is 2. The summed E-state index contributed by atoms with van der Waals surface area (Å²) in [6.45, 7) is 0.632. The van der Waals surface area contributed by atoms with Crippen molar-refractivity contribution in [3.8, 4) is 12.3 Å². The van der Waals surface area contributed by atoms with Crippen molar-refractivity contribution in [1.29, 1.82) is 0 Å². The van der Waals surface area contributed by atoms with Crippen LogP contribution in [0.25, 0.3) is 0 Å². The quantitative estimate of drug-likeness (QED) is 0.500. The molecule has 1 aliphatic rings. The molecule has 0 aromatic heterocycles. The molecular formula is C11H16N2O2. The number of unbranched alkanes of at least 4 members (excludes halogenated alkanes) is 2. The molecule has 0 saturated carbocycles. The van der Waals surface area contributed by atoms with Crippen LogP contribution >= 0.6 is 0 Å². The number of carbonyl (C=O) groups excluding carboxylic acids is 2. The highest BCUT2D eigenvalue weighted by molar-refractivity contribution is 5.90. The van der Waals surface area contributed by atoms with E-state index >= 15 is 0 Å². The van der Waals surface area contributed by atoms with Crippen LogP contribution < -0.4 is 10.6 Å². The smallest absolute Gasteiger partial charge is 0.242 e. The monoisotopic (exact) mass is 208 g/mol. The number of hydrogen-bond donors (Lipinski definition) is 2. The second kappa shape index (κ2) is 6.07. The van der Waals surface area contributed by atoms with Crippen LogP contribution in [0.3, 0.4) is 0 Å². The SMILES string of the molecule is C#CCCCCNC(=O)C1CCC(=O)N1. The number of nitrogens with one attached hydrogen (secondary N) is 2. The van der Waals surface area contributed by atoms with E-state index in [4.69, 9.17) is 6.42 Å². The molecule has 1 fully saturated rings. The maximum atomic E-state index is 11.5. The first kappa shape index (κ1) is 11.6. The van der Waals surface area contributed by atoms with Gasteiger partial charge in [0.25, 0.3) is 0 Å². The van der Waals surface area contributed by atoms with Crippen molar-refractivity contribution in [2.24, 2.45) is 0 Å². The molecule has 15 heavy (non-hydrogen) atoms. The summed E-state index contributed by atoms with van der Waals surface area (Å²) in [4.78, 5) is 22.3. The first-order valence-electron chi connectivity index (χ1n) is 5.24. The summed E-state index contributed by atoms with van der Waals surface area (Å²) in [5.41, 5.74) is 0. The van der Waals surface area contributed by atoms with Crippen LogP contribution in [-0.4, -0.2) is 24.4 Å². The van der Waals surface area contributed by atoms with Gasteiger partial charge < -0.3 is 10.6 Å². The molecule has 2 amide bonds. The molecule has 1 saturated heterocycles. The van der Waals surface area contributed by atoms with Crippen LogP contribution in [0.4, 0.5) is 0 Å². The van der Waals surface area contributed by atoms with Gasteiger partial charge in [-0.1, -0.05) is 0 Å². The number of terminal acetylenes is 1. The molecule has 1 unspecified atom stereocenters. The Labute approximate surface area is 89.8 Å². The van der Waals surface area contributed by atoms with Gasteiger partial charge >= 0.3 is 0 Å². The average Bonchev–Trinajstić information content (AvgIpc) is 2.64. The molecule has 0 radical (unpaired) electrons. The summed E-state index contributed by atoms with van der Waals surface area (Å²) in [6.07, 6.45) is 8.72. The van der Waals surface area contributed by atoms with Gasteiger partial charge in [0.05, 0.1) is 0 Å². The molecule has 4 nitrogen and oxygen atoms in total. The van der Waals surface area contributed by atoms with Gasteiger partial charge in [-0.2, -0.15) is 0 Å². The van der Waals surface area contributed by atoms with E-state index in [1.54, 1.807) is 0 Å². The Balaban J connectivity index is 2.09. The summed E-state index contributed by atoms with van der Waals surface area (Å²) < 4.78 is 0. The van der Waals surface area contributed by atoms with Crippen molar-refractivity contribution in [2.45, 2.75) is 38.1 Å². The normalized spacial score (nSPS) is 19.4. The summed E-state index contributed by atoms with van der Waals surface area (Å²) in [7, 11) is 0. The molecule has 1 atom stereocenters. The minimum Gasteiger partial charge on any atom is -0.354 e. The number of carbonyl (C=O) groups is 2. The molecule has 2 N–H and O–H groups in total. The Morgan fingerprint density at radius 2 is 2.40 bits per heavy atom. The highest BCUT2D eigenvalue weighted by Crippen LogP contribution is 2.06. The van der Waals surface area contributed by atoms with Crippen molar-refractivity contribution < 1.29 is 9.59 Å². The highest BCUT2D eigenvalue weighted by Gasteiger charge is 2.26. The van der Waals surface area contributed by atoms with Gasteiger partial charge in [-0.15, -0.1) is 12.3 Å². The lowest BCUT2D eigenvalue weighted by molar-refractivity contribution is -0.125. The van der Waals surface area contributed by atoms with E-state index in [1.165, 1.54) is 0 Å². The molecule has 0 aromatic carbocycles. The average molecular weight is 208 g/mol. The van der Waals surface area contributed by atoms with Crippen molar-refractivity contribution in [2.75, 3.05) is 6.54 Å². The molecular weight excluding hydrogens is 192 g/mol. The van der Waals surface area contributed by atoms with Crippen LogP contribution in [-0.2, 0) is 9.59 Å². The van der Waals surface area contributed by atoms with E-state index in [0.29, 0.717) is 19.4 Å². The molecule has 1 rings (SSSR count). The van der Waals surface area contributed by atoms with Gasteiger partial charge in [-0.05, 0) is 19.3 Å². The Hall–Kier alpha value is -1.50. The van der Waals surface area contributed by atoms with Crippen molar-refractivity contribution in [1.82, 2.24) is 10.6 Å². The Kier molecular flexibility index (Phi) is 4.69. The predicted octanol–water partition coefficient (Wildman–Crippen LogP) is 0.185. The Morgan fingerprint density at radius 1 is 1.60 bits per heavy atom. The van der Waals surface area contributed by atoms with E-state index in [1.807, 2.05) is 0 Å². The topological polar surface area (TPSA) is 58.2 Å².